The molecule has 0 bridgehead atoms. The first-order valence-electron chi connectivity index (χ1n) is 5.76. The van der Waals surface area contributed by atoms with E-state index in [2.05, 4.69) is 0 Å². The van der Waals surface area contributed by atoms with Gasteiger partial charge in [-0.15, -0.1) is 0 Å². The van der Waals surface area contributed by atoms with Crippen molar-refractivity contribution in [2.75, 3.05) is 58.9 Å². The van der Waals surface area contributed by atoms with Crippen LogP contribution < -0.4 is 0 Å². The molecule has 2 rings (SSSR count). The van der Waals surface area contributed by atoms with Crippen LogP contribution in [0.4, 0.5) is 0 Å². The molecule has 0 amide bonds. The van der Waals surface area contributed by atoms with E-state index in [1.54, 1.807) is 0 Å². The Labute approximate surface area is 104 Å². The summed E-state index contributed by atoms with van der Waals surface area (Å²) in [7, 11) is -1.37. The van der Waals surface area contributed by atoms with E-state index in [0.717, 1.165) is 0 Å². The third-order valence-electron chi connectivity index (χ3n) is 3.02. The molecule has 8 heteroatoms. The largest absolute Gasteiger partial charge is 0.379 e. The van der Waals surface area contributed by atoms with Gasteiger partial charge in [-0.25, -0.2) is 13.5 Å². The van der Waals surface area contributed by atoms with Crippen molar-refractivity contribution in [1.29, 1.82) is 0 Å². The van der Waals surface area contributed by atoms with Gasteiger partial charge in [-0.2, -0.15) is 0 Å². The zero-order valence-corrected chi connectivity index (χ0v) is 11.8. The van der Waals surface area contributed by atoms with Crippen molar-refractivity contribution < 1.29 is 18.2 Å². The summed E-state index contributed by atoms with van der Waals surface area (Å²) in [6, 6.07) is 0. The molecule has 6 nitrogen and oxygen atoms in total. The van der Waals surface area contributed by atoms with E-state index >= 15 is 0 Å². The molecule has 2 aliphatic heterocycles. The first-order chi connectivity index (χ1) is 8.15. The third-order valence-corrected chi connectivity index (χ3v) is 9.32. The van der Waals surface area contributed by atoms with Gasteiger partial charge < -0.3 is 9.47 Å². The highest BCUT2D eigenvalue weighted by molar-refractivity contribution is 8.47. The summed E-state index contributed by atoms with van der Waals surface area (Å²) in [6.45, 7) is 1.65. The summed E-state index contributed by atoms with van der Waals surface area (Å²) in [5.41, 5.74) is 0. The van der Waals surface area contributed by atoms with Crippen molar-refractivity contribution in [3.05, 3.63) is 0 Å². The first-order valence-corrected chi connectivity index (χ1v) is 9.54. The van der Waals surface area contributed by atoms with Gasteiger partial charge in [0.2, 0.25) is 0 Å². The molecule has 1 unspecified atom stereocenters. The molecule has 0 spiro atoms. The molecule has 2 aliphatic rings. The summed E-state index contributed by atoms with van der Waals surface area (Å²) in [6.07, 6.45) is 1.53. The molecule has 0 saturated carbocycles. The molecule has 17 heavy (non-hydrogen) atoms. The van der Waals surface area contributed by atoms with E-state index in [0.29, 0.717) is 52.6 Å². The predicted octanol–water partition coefficient (Wildman–Crippen LogP) is 0.137. The van der Waals surface area contributed by atoms with Crippen LogP contribution in [-0.4, -0.2) is 72.4 Å². The van der Waals surface area contributed by atoms with E-state index in [9.17, 15) is 8.77 Å². The Morgan fingerprint density at radius 1 is 0.941 bits per heavy atom. The Hall–Kier alpha value is 0.220. The molecule has 1 atom stereocenters. The van der Waals surface area contributed by atoms with Crippen LogP contribution in [0.1, 0.15) is 0 Å². The Morgan fingerprint density at radius 2 is 1.29 bits per heavy atom. The lowest BCUT2D eigenvalue weighted by Crippen LogP contribution is -2.44. The molecule has 0 N–H and O–H groups in total. The van der Waals surface area contributed by atoms with Crippen molar-refractivity contribution in [2.45, 2.75) is 0 Å². The number of rotatable bonds is 3. The molecular formula is C9H19N2O4PS. The molecule has 0 aromatic carbocycles. The van der Waals surface area contributed by atoms with E-state index in [4.69, 9.17) is 9.47 Å². The van der Waals surface area contributed by atoms with Crippen molar-refractivity contribution in [2.24, 2.45) is 0 Å². The second-order valence-corrected chi connectivity index (χ2v) is 9.98. The van der Waals surface area contributed by atoms with Crippen LogP contribution in [0.25, 0.3) is 0 Å². The quantitative estimate of drug-likeness (QED) is 0.686. The fourth-order valence-corrected chi connectivity index (χ4v) is 7.39. The number of morpholine rings is 2. The fraction of sp³-hybridized carbons (Fsp3) is 1.00. The van der Waals surface area contributed by atoms with Crippen LogP contribution in [0.15, 0.2) is 0 Å². The van der Waals surface area contributed by atoms with Gasteiger partial charge in [-0.3, -0.25) is 4.57 Å². The first kappa shape index (κ1) is 13.6. The number of hydrogen-bond acceptors (Lipinski definition) is 4. The second kappa shape index (κ2) is 5.91. The van der Waals surface area contributed by atoms with Crippen LogP contribution in [-0.2, 0) is 24.5 Å². The molecule has 2 saturated heterocycles. The lowest BCUT2D eigenvalue weighted by molar-refractivity contribution is 0.0548. The van der Waals surface area contributed by atoms with Crippen molar-refractivity contribution >= 4 is 17.1 Å². The van der Waals surface area contributed by atoms with Gasteiger partial charge >= 0.3 is 6.65 Å². The van der Waals surface area contributed by atoms with E-state index in [1.165, 1.54) is 6.26 Å². The lowest BCUT2D eigenvalue weighted by atomic mass is 10.5. The average Bonchev–Trinajstić information content (AvgIpc) is 2.39. The highest BCUT2D eigenvalue weighted by atomic mass is 32.8. The van der Waals surface area contributed by atoms with E-state index in [1.807, 2.05) is 9.34 Å². The molecule has 0 aromatic heterocycles. The van der Waals surface area contributed by atoms with Gasteiger partial charge in [0.05, 0.1) is 26.4 Å². The smallest absolute Gasteiger partial charge is 0.300 e. The minimum Gasteiger partial charge on any atom is -0.379 e. The zero-order chi connectivity index (χ0) is 12.3. The number of ether oxygens (including phenoxy) is 2. The minimum absolute atomic E-state index is 0.561. The maximum Gasteiger partial charge on any atom is 0.300 e. The Balaban J connectivity index is 2.17. The van der Waals surface area contributed by atoms with Gasteiger partial charge in [-0.05, 0) is 0 Å². The molecule has 0 aliphatic carbocycles. The van der Waals surface area contributed by atoms with Crippen LogP contribution in [0, 0.1) is 0 Å². The van der Waals surface area contributed by atoms with Gasteiger partial charge in [0.15, 0.2) is 0 Å². The SMILES string of the molecule is CS(=O)P(=O)(N1CCOCC1)N1CCOCC1. The maximum atomic E-state index is 13.1. The maximum absolute atomic E-state index is 13.1. The summed E-state index contributed by atoms with van der Waals surface area (Å²) < 4.78 is 39.2. The molecule has 0 radical (unpaired) electrons. The normalized spacial score (nSPS) is 26.9. The summed E-state index contributed by atoms with van der Waals surface area (Å²) in [5, 5.41) is 0. The summed E-state index contributed by atoms with van der Waals surface area (Å²) >= 11 is 0. The lowest BCUT2D eigenvalue weighted by Gasteiger charge is -2.40. The average molecular weight is 282 g/mol. The minimum atomic E-state index is -2.96. The summed E-state index contributed by atoms with van der Waals surface area (Å²) in [4.78, 5) is 0. The highest BCUT2D eigenvalue weighted by Crippen LogP contribution is 2.56. The molecule has 2 heterocycles. The van der Waals surface area contributed by atoms with Gasteiger partial charge in [-0.1, -0.05) is 0 Å². The Morgan fingerprint density at radius 3 is 1.59 bits per heavy atom. The van der Waals surface area contributed by atoms with Crippen LogP contribution in [0.3, 0.4) is 0 Å². The molecule has 100 valence electrons. The van der Waals surface area contributed by atoms with Crippen LogP contribution >= 0.6 is 6.65 Å². The molecule has 0 aromatic rings. The van der Waals surface area contributed by atoms with E-state index in [-0.39, 0.29) is 0 Å². The summed E-state index contributed by atoms with van der Waals surface area (Å²) in [5.74, 6) is 0. The third kappa shape index (κ3) is 2.80. The van der Waals surface area contributed by atoms with Gasteiger partial charge in [0.1, 0.15) is 10.4 Å². The fourth-order valence-electron chi connectivity index (χ4n) is 2.12. The molecular weight excluding hydrogens is 263 g/mol. The zero-order valence-electron chi connectivity index (χ0n) is 10.0. The van der Waals surface area contributed by atoms with Gasteiger partial charge in [0, 0.05) is 32.4 Å². The highest BCUT2D eigenvalue weighted by Gasteiger charge is 2.42. The van der Waals surface area contributed by atoms with Crippen molar-refractivity contribution in [3.8, 4) is 0 Å². The standard InChI is InChI=1S/C9H19N2O4PS/c1-17(13)16(12,10-2-6-14-7-3-10)11-4-8-15-9-5-11/h2-9H2,1H3. The number of hydrogen-bond donors (Lipinski definition) is 0. The van der Waals surface area contributed by atoms with Gasteiger partial charge in [0.25, 0.3) is 0 Å². The van der Waals surface area contributed by atoms with E-state index < -0.39 is 17.1 Å². The predicted molar refractivity (Wildman–Crippen MR) is 66.5 cm³/mol. The monoisotopic (exact) mass is 282 g/mol. The van der Waals surface area contributed by atoms with Crippen molar-refractivity contribution in [1.82, 2.24) is 9.34 Å². The topological polar surface area (TPSA) is 59.1 Å². The van der Waals surface area contributed by atoms with Crippen LogP contribution in [0.2, 0.25) is 0 Å². The second-order valence-electron chi connectivity index (χ2n) is 4.05. The van der Waals surface area contributed by atoms with Crippen LogP contribution in [0.5, 0.6) is 0 Å². The Kier molecular flexibility index (Phi) is 4.74. The Bertz CT molecular complexity index is 307. The number of nitrogens with zero attached hydrogens (tertiary/aromatic N) is 2. The van der Waals surface area contributed by atoms with Crippen molar-refractivity contribution in [3.63, 3.8) is 0 Å². The molecule has 2 fully saturated rings.